The Kier molecular flexibility index (Phi) is 6.21. The zero-order valence-corrected chi connectivity index (χ0v) is 15.1. The fourth-order valence-corrected chi connectivity index (χ4v) is 2.30. The molecule has 0 spiro atoms. The van der Waals surface area contributed by atoms with E-state index in [1.54, 1.807) is 0 Å². The van der Waals surface area contributed by atoms with Gasteiger partial charge in [0.15, 0.2) is 0 Å². The molecule has 3 heteroatoms. The molecule has 1 rings (SSSR count). The van der Waals surface area contributed by atoms with E-state index in [0.29, 0.717) is 12.0 Å². The summed E-state index contributed by atoms with van der Waals surface area (Å²) in [5.74, 6) is 1.73. The Labute approximate surface area is 131 Å². The first-order chi connectivity index (χ1) is 9.58. The van der Waals surface area contributed by atoms with Gasteiger partial charge in [-0.3, -0.25) is 0 Å². The zero-order valence-electron chi connectivity index (χ0n) is 15.1. The SMILES string of the molecule is Cc1cc(CNC(C)(C)C)cc(N(CC(C)C)C(C)C)n1. The predicted octanol–water partition coefficient (Wildman–Crippen LogP) is 4.15. The Morgan fingerprint density at radius 3 is 2.24 bits per heavy atom. The average molecular weight is 291 g/mol. The van der Waals surface area contributed by atoms with Gasteiger partial charge in [0.1, 0.15) is 5.82 Å². The molecule has 1 aromatic rings. The second kappa shape index (κ2) is 7.26. The van der Waals surface area contributed by atoms with Crippen molar-refractivity contribution in [2.45, 2.75) is 73.5 Å². The molecule has 0 amide bonds. The van der Waals surface area contributed by atoms with E-state index in [1.807, 2.05) is 0 Å². The average Bonchev–Trinajstić information content (AvgIpc) is 2.31. The van der Waals surface area contributed by atoms with Crippen molar-refractivity contribution < 1.29 is 0 Å². The van der Waals surface area contributed by atoms with Gasteiger partial charge in [-0.05, 0) is 65.2 Å². The first-order valence-electron chi connectivity index (χ1n) is 8.07. The summed E-state index contributed by atoms with van der Waals surface area (Å²) < 4.78 is 0. The van der Waals surface area contributed by atoms with Gasteiger partial charge in [-0.1, -0.05) is 13.8 Å². The van der Waals surface area contributed by atoms with E-state index in [-0.39, 0.29) is 5.54 Å². The molecule has 0 aliphatic heterocycles. The van der Waals surface area contributed by atoms with Crippen molar-refractivity contribution in [2.24, 2.45) is 5.92 Å². The molecule has 0 unspecified atom stereocenters. The molecular weight excluding hydrogens is 258 g/mol. The highest BCUT2D eigenvalue weighted by Crippen LogP contribution is 2.19. The van der Waals surface area contributed by atoms with Crippen molar-refractivity contribution in [1.82, 2.24) is 10.3 Å². The quantitative estimate of drug-likeness (QED) is 0.853. The van der Waals surface area contributed by atoms with Gasteiger partial charge in [-0.2, -0.15) is 0 Å². The first-order valence-corrected chi connectivity index (χ1v) is 8.07. The largest absolute Gasteiger partial charge is 0.354 e. The van der Waals surface area contributed by atoms with Gasteiger partial charge >= 0.3 is 0 Å². The van der Waals surface area contributed by atoms with E-state index in [9.17, 15) is 0 Å². The smallest absolute Gasteiger partial charge is 0.129 e. The molecule has 1 aromatic heterocycles. The van der Waals surface area contributed by atoms with E-state index in [4.69, 9.17) is 4.98 Å². The molecule has 0 aliphatic carbocycles. The number of aromatic nitrogens is 1. The molecule has 1 N–H and O–H groups in total. The van der Waals surface area contributed by atoms with Gasteiger partial charge in [0.25, 0.3) is 0 Å². The summed E-state index contributed by atoms with van der Waals surface area (Å²) in [4.78, 5) is 7.15. The summed E-state index contributed by atoms with van der Waals surface area (Å²) in [5.41, 5.74) is 2.53. The summed E-state index contributed by atoms with van der Waals surface area (Å²) in [6.07, 6.45) is 0. The van der Waals surface area contributed by atoms with Crippen LogP contribution in [0.2, 0.25) is 0 Å². The Hall–Kier alpha value is -1.09. The van der Waals surface area contributed by atoms with Gasteiger partial charge < -0.3 is 10.2 Å². The van der Waals surface area contributed by atoms with Crippen LogP contribution in [0.3, 0.4) is 0 Å². The molecule has 0 saturated heterocycles. The number of rotatable bonds is 6. The molecule has 0 atom stereocenters. The number of aryl methyl sites for hydroxylation is 1. The zero-order chi connectivity index (χ0) is 16.2. The molecule has 0 aromatic carbocycles. The maximum atomic E-state index is 4.75. The molecule has 0 fully saturated rings. The highest BCUT2D eigenvalue weighted by atomic mass is 15.2. The van der Waals surface area contributed by atoms with Crippen molar-refractivity contribution in [3.8, 4) is 0 Å². The molecule has 0 saturated carbocycles. The number of hydrogen-bond acceptors (Lipinski definition) is 3. The van der Waals surface area contributed by atoms with Crippen LogP contribution >= 0.6 is 0 Å². The molecule has 21 heavy (non-hydrogen) atoms. The van der Waals surface area contributed by atoms with Gasteiger partial charge in [0, 0.05) is 30.4 Å². The number of pyridine rings is 1. The van der Waals surface area contributed by atoms with Crippen LogP contribution in [0, 0.1) is 12.8 Å². The maximum Gasteiger partial charge on any atom is 0.129 e. The molecule has 0 radical (unpaired) electrons. The minimum Gasteiger partial charge on any atom is -0.354 e. The normalized spacial score (nSPS) is 12.3. The van der Waals surface area contributed by atoms with Crippen molar-refractivity contribution in [1.29, 1.82) is 0 Å². The van der Waals surface area contributed by atoms with Crippen LogP contribution in [0.4, 0.5) is 5.82 Å². The van der Waals surface area contributed by atoms with Crippen LogP contribution in [0.25, 0.3) is 0 Å². The Morgan fingerprint density at radius 2 is 1.76 bits per heavy atom. The highest BCUT2D eigenvalue weighted by molar-refractivity contribution is 5.43. The van der Waals surface area contributed by atoms with Gasteiger partial charge in [-0.25, -0.2) is 4.98 Å². The van der Waals surface area contributed by atoms with Crippen LogP contribution in [-0.4, -0.2) is 23.1 Å². The molecule has 0 bridgehead atoms. The lowest BCUT2D eigenvalue weighted by molar-refractivity contribution is 0.424. The topological polar surface area (TPSA) is 28.2 Å². The van der Waals surface area contributed by atoms with Gasteiger partial charge in [0.2, 0.25) is 0 Å². The number of hydrogen-bond donors (Lipinski definition) is 1. The summed E-state index contributed by atoms with van der Waals surface area (Å²) in [5, 5.41) is 3.56. The Morgan fingerprint density at radius 1 is 1.14 bits per heavy atom. The first kappa shape index (κ1) is 18.0. The Balaban J connectivity index is 2.98. The van der Waals surface area contributed by atoms with Crippen LogP contribution in [0.15, 0.2) is 12.1 Å². The van der Waals surface area contributed by atoms with Crippen LogP contribution < -0.4 is 10.2 Å². The van der Waals surface area contributed by atoms with Crippen LogP contribution in [0.1, 0.15) is 59.7 Å². The highest BCUT2D eigenvalue weighted by Gasteiger charge is 2.15. The molecule has 0 aliphatic rings. The van der Waals surface area contributed by atoms with Crippen molar-refractivity contribution in [3.05, 3.63) is 23.4 Å². The fourth-order valence-electron chi connectivity index (χ4n) is 2.30. The van der Waals surface area contributed by atoms with E-state index in [2.05, 4.69) is 77.7 Å². The monoisotopic (exact) mass is 291 g/mol. The van der Waals surface area contributed by atoms with Crippen molar-refractivity contribution >= 4 is 5.82 Å². The Bertz CT molecular complexity index is 444. The minimum atomic E-state index is 0.132. The van der Waals surface area contributed by atoms with Crippen molar-refractivity contribution in [2.75, 3.05) is 11.4 Å². The van der Waals surface area contributed by atoms with Gasteiger partial charge in [-0.15, -0.1) is 0 Å². The van der Waals surface area contributed by atoms with E-state index >= 15 is 0 Å². The van der Waals surface area contributed by atoms with Gasteiger partial charge in [0.05, 0.1) is 0 Å². The summed E-state index contributed by atoms with van der Waals surface area (Å²) >= 11 is 0. The summed E-state index contributed by atoms with van der Waals surface area (Å²) in [7, 11) is 0. The lowest BCUT2D eigenvalue weighted by atomic mass is 10.1. The lowest BCUT2D eigenvalue weighted by Gasteiger charge is -2.30. The predicted molar refractivity (Wildman–Crippen MR) is 92.9 cm³/mol. The van der Waals surface area contributed by atoms with E-state index in [0.717, 1.165) is 24.6 Å². The molecule has 3 nitrogen and oxygen atoms in total. The lowest BCUT2D eigenvalue weighted by Crippen LogP contribution is -2.36. The van der Waals surface area contributed by atoms with E-state index < -0.39 is 0 Å². The van der Waals surface area contributed by atoms with Crippen LogP contribution in [-0.2, 0) is 6.54 Å². The number of nitrogens with one attached hydrogen (secondary N) is 1. The summed E-state index contributed by atoms with van der Waals surface area (Å²) in [6, 6.07) is 4.87. The number of nitrogens with zero attached hydrogens (tertiary/aromatic N) is 2. The third-order valence-corrected chi connectivity index (χ3v) is 3.30. The third-order valence-electron chi connectivity index (χ3n) is 3.30. The van der Waals surface area contributed by atoms with E-state index in [1.165, 1.54) is 5.56 Å². The number of anilines is 1. The minimum absolute atomic E-state index is 0.132. The molecule has 120 valence electrons. The van der Waals surface area contributed by atoms with Crippen molar-refractivity contribution in [3.63, 3.8) is 0 Å². The maximum absolute atomic E-state index is 4.75. The molecular formula is C18H33N3. The fraction of sp³-hybridized carbons (Fsp3) is 0.722. The van der Waals surface area contributed by atoms with Crippen LogP contribution in [0.5, 0.6) is 0 Å². The molecule has 1 heterocycles. The second-order valence-corrected chi connectivity index (χ2v) is 7.72. The second-order valence-electron chi connectivity index (χ2n) is 7.72. The standard InChI is InChI=1S/C18H33N3/c1-13(2)12-21(14(3)4)17-10-16(9-15(5)20-17)11-19-18(6,7)8/h9-10,13-14,19H,11-12H2,1-8H3. The summed E-state index contributed by atoms with van der Waals surface area (Å²) in [6.45, 7) is 19.6. The third kappa shape index (κ3) is 6.47.